The Balaban J connectivity index is 2.18. The molecule has 2 atom stereocenters. The molecule has 0 aromatic heterocycles. The van der Waals surface area contributed by atoms with Gasteiger partial charge in [0.25, 0.3) is 0 Å². The fourth-order valence-electron chi connectivity index (χ4n) is 2.21. The number of rotatable bonds is 6. The summed E-state index contributed by atoms with van der Waals surface area (Å²) in [4.78, 5) is 0. The molecule has 0 saturated heterocycles. The number of benzene rings is 2. The Kier molecular flexibility index (Phi) is 4.76. The van der Waals surface area contributed by atoms with E-state index in [4.69, 9.17) is 0 Å². The molecule has 98 valence electrons. The molecule has 0 radical (unpaired) electrons. The van der Waals surface area contributed by atoms with Gasteiger partial charge in [-0.3, -0.25) is 0 Å². The van der Waals surface area contributed by atoms with Crippen molar-refractivity contribution in [3.63, 3.8) is 0 Å². The van der Waals surface area contributed by atoms with Crippen molar-refractivity contribution in [2.24, 2.45) is 0 Å². The van der Waals surface area contributed by atoms with Crippen molar-refractivity contribution in [3.05, 3.63) is 78.9 Å². The van der Waals surface area contributed by atoms with E-state index in [2.05, 4.69) is 24.0 Å². The second-order valence-electron chi connectivity index (χ2n) is 4.47. The molecule has 0 aliphatic heterocycles. The Morgan fingerprint density at radius 2 is 1.58 bits per heavy atom. The van der Waals surface area contributed by atoms with E-state index >= 15 is 0 Å². The Morgan fingerprint density at radius 3 is 2.11 bits per heavy atom. The summed E-state index contributed by atoms with van der Waals surface area (Å²) >= 11 is 0. The van der Waals surface area contributed by atoms with E-state index in [-0.39, 0.29) is 18.6 Å². The van der Waals surface area contributed by atoms with Crippen molar-refractivity contribution in [3.8, 4) is 0 Å². The highest BCUT2D eigenvalue weighted by atomic mass is 16.3. The third kappa shape index (κ3) is 3.46. The zero-order valence-corrected chi connectivity index (χ0v) is 10.9. The molecule has 2 aromatic rings. The lowest BCUT2D eigenvalue weighted by Gasteiger charge is -2.25. The van der Waals surface area contributed by atoms with Gasteiger partial charge in [-0.2, -0.15) is 0 Å². The van der Waals surface area contributed by atoms with E-state index in [0.29, 0.717) is 0 Å². The average Bonchev–Trinajstić information content (AvgIpc) is 2.49. The van der Waals surface area contributed by atoms with Crippen LogP contribution in [-0.4, -0.2) is 17.8 Å². The maximum atomic E-state index is 9.64. The monoisotopic (exact) mass is 253 g/mol. The number of aliphatic hydroxyl groups excluding tert-OH is 1. The van der Waals surface area contributed by atoms with E-state index in [1.807, 2.05) is 54.6 Å². The molecule has 0 amide bonds. The molecule has 2 rings (SSSR count). The fraction of sp³-hybridized carbons (Fsp3) is 0.176. The molecule has 0 spiro atoms. The number of hydrogen-bond donors (Lipinski definition) is 2. The molecule has 0 aliphatic carbocycles. The van der Waals surface area contributed by atoms with Gasteiger partial charge in [-0.1, -0.05) is 54.6 Å². The van der Waals surface area contributed by atoms with E-state index < -0.39 is 0 Å². The van der Waals surface area contributed by atoms with Crippen LogP contribution in [0.2, 0.25) is 0 Å². The minimum Gasteiger partial charge on any atom is -0.394 e. The molecule has 0 saturated carbocycles. The predicted octanol–water partition coefficient (Wildman–Crippen LogP) is 3.43. The zero-order chi connectivity index (χ0) is 13.5. The third-order valence-corrected chi connectivity index (χ3v) is 3.19. The van der Waals surface area contributed by atoms with Crippen LogP contribution >= 0.6 is 0 Å². The first kappa shape index (κ1) is 13.4. The second-order valence-corrected chi connectivity index (χ2v) is 4.47. The van der Waals surface area contributed by atoms with Crippen LogP contribution in [-0.2, 0) is 0 Å². The van der Waals surface area contributed by atoms with Gasteiger partial charge in [0.15, 0.2) is 0 Å². The van der Waals surface area contributed by atoms with Crippen molar-refractivity contribution in [1.29, 1.82) is 0 Å². The predicted molar refractivity (Wildman–Crippen MR) is 80.3 cm³/mol. The molecular formula is C17H19NO. The molecule has 0 bridgehead atoms. The number of anilines is 1. The summed E-state index contributed by atoms with van der Waals surface area (Å²) in [6, 6.07) is 19.9. The first-order valence-electron chi connectivity index (χ1n) is 6.45. The molecule has 2 nitrogen and oxygen atoms in total. The summed E-state index contributed by atoms with van der Waals surface area (Å²) in [5.41, 5.74) is 2.16. The van der Waals surface area contributed by atoms with E-state index in [1.54, 1.807) is 0 Å². The highest BCUT2D eigenvalue weighted by Gasteiger charge is 2.19. The summed E-state index contributed by atoms with van der Waals surface area (Å²) in [6.07, 6.45) is 1.88. The summed E-state index contributed by atoms with van der Waals surface area (Å²) in [6.45, 7) is 3.95. The Hall–Kier alpha value is -2.06. The fourth-order valence-corrected chi connectivity index (χ4v) is 2.21. The van der Waals surface area contributed by atoms with Crippen LogP contribution < -0.4 is 5.32 Å². The maximum Gasteiger partial charge on any atom is 0.0641 e. The van der Waals surface area contributed by atoms with Gasteiger partial charge in [-0.15, -0.1) is 6.58 Å². The van der Waals surface area contributed by atoms with Crippen molar-refractivity contribution in [2.45, 2.75) is 12.0 Å². The lowest BCUT2D eigenvalue weighted by molar-refractivity contribution is 0.267. The number of nitrogens with one attached hydrogen (secondary N) is 1. The Morgan fingerprint density at radius 1 is 1.00 bits per heavy atom. The van der Waals surface area contributed by atoms with Crippen LogP contribution in [0.25, 0.3) is 0 Å². The third-order valence-electron chi connectivity index (χ3n) is 3.19. The van der Waals surface area contributed by atoms with Crippen LogP contribution in [0.1, 0.15) is 11.5 Å². The van der Waals surface area contributed by atoms with Gasteiger partial charge >= 0.3 is 0 Å². The molecular weight excluding hydrogens is 234 g/mol. The number of aliphatic hydroxyl groups is 1. The number of hydrogen-bond acceptors (Lipinski definition) is 2. The minimum absolute atomic E-state index is 0.0560. The molecule has 2 N–H and O–H groups in total. The van der Waals surface area contributed by atoms with Crippen molar-refractivity contribution in [1.82, 2.24) is 0 Å². The van der Waals surface area contributed by atoms with Crippen LogP contribution in [0.15, 0.2) is 73.3 Å². The number of para-hydroxylation sites is 1. The molecule has 2 heteroatoms. The van der Waals surface area contributed by atoms with Gasteiger partial charge in [0.2, 0.25) is 0 Å². The molecule has 0 unspecified atom stereocenters. The lowest BCUT2D eigenvalue weighted by Crippen LogP contribution is -2.30. The topological polar surface area (TPSA) is 32.3 Å². The summed E-state index contributed by atoms with van der Waals surface area (Å²) < 4.78 is 0. The normalized spacial score (nSPS) is 13.5. The van der Waals surface area contributed by atoms with E-state index in [1.165, 1.54) is 0 Å². The molecule has 0 heterocycles. The molecule has 19 heavy (non-hydrogen) atoms. The first-order valence-corrected chi connectivity index (χ1v) is 6.45. The molecule has 2 aromatic carbocycles. The minimum atomic E-state index is -0.0812. The van der Waals surface area contributed by atoms with Crippen LogP contribution in [0, 0.1) is 0 Å². The smallest absolute Gasteiger partial charge is 0.0641 e. The van der Waals surface area contributed by atoms with E-state index in [0.717, 1.165) is 11.3 Å². The van der Waals surface area contributed by atoms with Crippen LogP contribution in [0.4, 0.5) is 5.69 Å². The largest absolute Gasteiger partial charge is 0.394 e. The van der Waals surface area contributed by atoms with Gasteiger partial charge in [0.1, 0.15) is 0 Å². The van der Waals surface area contributed by atoms with Gasteiger partial charge in [-0.25, -0.2) is 0 Å². The van der Waals surface area contributed by atoms with Crippen LogP contribution in [0.3, 0.4) is 0 Å². The SMILES string of the molecule is C=C[C@H](c1ccccc1)[C@H](CO)Nc1ccccc1. The molecule has 0 aliphatic rings. The Bertz CT molecular complexity index is 495. The van der Waals surface area contributed by atoms with Gasteiger partial charge in [0, 0.05) is 11.6 Å². The average molecular weight is 253 g/mol. The lowest BCUT2D eigenvalue weighted by atomic mass is 9.91. The Labute approximate surface area is 114 Å². The summed E-state index contributed by atoms with van der Waals surface area (Å²) in [5, 5.41) is 13.0. The van der Waals surface area contributed by atoms with Gasteiger partial charge in [0.05, 0.1) is 12.6 Å². The summed E-state index contributed by atoms with van der Waals surface area (Å²) in [5.74, 6) is 0.0754. The molecule has 0 fully saturated rings. The highest BCUT2D eigenvalue weighted by molar-refractivity contribution is 5.45. The zero-order valence-electron chi connectivity index (χ0n) is 10.9. The quantitative estimate of drug-likeness (QED) is 0.773. The van der Waals surface area contributed by atoms with Crippen molar-refractivity contribution >= 4 is 5.69 Å². The van der Waals surface area contributed by atoms with Crippen molar-refractivity contribution < 1.29 is 5.11 Å². The van der Waals surface area contributed by atoms with Gasteiger partial charge < -0.3 is 10.4 Å². The maximum absolute atomic E-state index is 9.64. The van der Waals surface area contributed by atoms with Gasteiger partial charge in [-0.05, 0) is 17.7 Å². The standard InChI is InChI=1S/C17H19NO/c1-2-16(14-9-5-3-6-10-14)17(13-19)18-15-11-7-4-8-12-15/h2-12,16-19H,1,13H2/t16-,17+/m1/s1. The van der Waals surface area contributed by atoms with Crippen LogP contribution in [0.5, 0.6) is 0 Å². The first-order chi connectivity index (χ1) is 9.35. The van der Waals surface area contributed by atoms with E-state index in [9.17, 15) is 5.11 Å². The highest BCUT2D eigenvalue weighted by Crippen LogP contribution is 2.23. The summed E-state index contributed by atoms with van der Waals surface area (Å²) in [7, 11) is 0. The van der Waals surface area contributed by atoms with Crippen molar-refractivity contribution in [2.75, 3.05) is 11.9 Å². The second kappa shape index (κ2) is 6.76.